The van der Waals surface area contributed by atoms with Crippen LogP contribution >= 0.6 is 0 Å². The van der Waals surface area contributed by atoms with E-state index in [0.717, 1.165) is 11.8 Å². The first kappa shape index (κ1) is 9.96. The Balaban J connectivity index is 0.000000371. The van der Waals surface area contributed by atoms with E-state index in [4.69, 9.17) is 5.73 Å². The number of hydrogen-bond donors (Lipinski definition) is 1. The zero-order valence-electron chi connectivity index (χ0n) is 7.72. The molecule has 0 saturated heterocycles. The Morgan fingerprint density at radius 2 is 1.30 bits per heavy atom. The summed E-state index contributed by atoms with van der Waals surface area (Å²) in [6, 6.07) is 0.500. The summed E-state index contributed by atoms with van der Waals surface area (Å²) in [5.74, 6) is 1.73. The molecule has 2 atom stereocenters. The molecule has 2 N–H and O–H groups in total. The predicted molar refractivity (Wildman–Crippen MR) is 46.9 cm³/mol. The Hall–Kier alpha value is -0.0400. The molecular weight excluding hydrogens is 122 g/mol. The van der Waals surface area contributed by atoms with E-state index in [1.165, 1.54) is 12.8 Å². The molecule has 0 bridgehead atoms. The molecule has 0 spiro atoms. The molecule has 62 valence electrons. The van der Waals surface area contributed by atoms with Gasteiger partial charge in [-0.2, -0.15) is 0 Å². The van der Waals surface area contributed by atoms with E-state index in [0.29, 0.717) is 6.04 Å². The summed E-state index contributed by atoms with van der Waals surface area (Å²) in [7, 11) is 0. The van der Waals surface area contributed by atoms with Crippen LogP contribution in [0.2, 0.25) is 0 Å². The van der Waals surface area contributed by atoms with E-state index in [2.05, 4.69) is 13.8 Å². The normalized spacial score (nSPS) is 38.7. The zero-order chi connectivity index (χ0) is 8.15. The van der Waals surface area contributed by atoms with Crippen molar-refractivity contribution in [3.8, 4) is 0 Å². The van der Waals surface area contributed by atoms with Gasteiger partial charge in [0.25, 0.3) is 0 Å². The van der Waals surface area contributed by atoms with Crippen molar-refractivity contribution in [2.75, 3.05) is 0 Å². The Morgan fingerprint density at radius 3 is 1.40 bits per heavy atom. The Kier molecular flexibility index (Phi) is 4.71. The first-order chi connectivity index (χ1) is 4.70. The molecule has 1 nitrogen and oxygen atoms in total. The second kappa shape index (κ2) is 4.73. The summed E-state index contributed by atoms with van der Waals surface area (Å²) in [5, 5.41) is 0. The highest BCUT2D eigenvalue weighted by Gasteiger charge is 2.24. The van der Waals surface area contributed by atoms with Gasteiger partial charge in [0, 0.05) is 6.04 Å². The van der Waals surface area contributed by atoms with Crippen LogP contribution in [0.4, 0.5) is 0 Å². The number of nitrogens with two attached hydrogens (primary N) is 1. The second-order valence-electron chi connectivity index (χ2n) is 3.19. The van der Waals surface area contributed by atoms with Gasteiger partial charge in [0.05, 0.1) is 0 Å². The van der Waals surface area contributed by atoms with Crippen molar-refractivity contribution in [2.45, 2.75) is 46.6 Å². The van der Waals surface area contributed by atoms with Crippen LogP contribution in [0.5, 0.6) is 0 Å². The lowest BCUT2D eigenvalue weighted by atomic mass is 10.0. The topological polar surface area (TPSA) is 26.0 Å². The van der Waals surface area contributed by atoms with Gasteiger partial charge in [0.15, 0.2) is 0 Å². The van der Waals surface area contributed by atoms with Gasteiger partial charge in [-0.05, 0) is 24.7 Å². The van der Waals surface area contributed by atoms with Gasteiger partial charge in [-0.15, -0.1) is 0 Å². The molecule has 1 saturated carbocycles. The minimum Gasteiger partial charge on any atom is -0.328 e. The van der Waals surface area contributed by atoms with Crippen molar-refractivity contribution in [1.29, 1.82) is 0 Å². The SMILES string of the molecule is CC.CC1CC(N)CC1C. The predicted octanol–water partition coefficient (Wildman–Crippen LogP) is 2.41. The van der Waals surface area contributed by atoms with Gasteiger partial charge >= 0.3 is 0 Å². The molecule has 2 unspecified atom stereocenters. The average molecular weight is 143 g/mol. The highest BCUT2D eigenvalue weighted by Crippen LogP contribution is 2.29. The molecule has 0 aliphatic heterocycles. The third-order valence-electron chi connectivity index (χ3n) is 2.32. The molecule has 0 aromatic heterocycles. The minimum atomic E-state index is 0.500. The zero-order valence-corrected chi connectivity index (χ0v) is 7.72. The summed E-state index contributed by atoms with van der Waals surface area (Å²) in [6.45, 7) is 8.58. The molecule has 1 fully saturated rings. The Morgan fingerprint density at radius 1 is 1.00 bits per heavy atom. The Bertz CT molecular complexity index is 70.8. The third-order valence-corrected chi connectivity index (χ3v) is 2.32. The maximum Gasteiger partial charge on any atom is 0.00441 e. The molecule has 0 aromatic rings. The summed E-state index contributed by atoms with van der Waals surface area (Å²) in [4.78, 5) is 0. The summed E-state index contributed by atoms with van der Waals surface area (Å²) < 4.78 is 0. The van der Waals surface area contributed by atoms with Crippen LogP contribution in [-0.2, 0) is 0 Å². The lowest BCUT2D eigenvalue weighted by Gasteiger charge is -2.04. The monoisotopic (exact) mass is 143 g/mol. The second-order valence-corrected chi connectivity index (χ2v) is 3.19. The molecule has 1 rings (SSSR count). The molecule has 0 radical (unpaired) electrons. The van der Waals surface area contributed by atoms with E-state index in [-0.39, 0.29) is 0 Å². The molecular formula is C9H21N. The van der Waals surface area contributed by atoms with Gasteiger partial charge in [-0.3, -0.25) is 0 Å². The number of hydrogen-bond acceptors (Lipinski definition) is 1. The first-order valence-electron chi connectivity index (χ1n) is 4.45. The van der Waals surface area contributed by atoms with Gasteiger partial charge < -0.3 is 5.73 Å². The fourth-order valence-corrected chi connectivity index (χ4v) is 1.52. The highest BCUT2D eigenvalue weighted by molar-refractivity contribution is 4.79. The number of rotatable bonds is 0. The van der Waals surface area contributed by atoms with Gasteiger partial charge in [-0.1, -0.05) is 27.7 Å². The largest absolute Gasteiger partial charge is 0.328 e. The van der Waals surface area contributed by atoms with Gasteiger partial charge in [-0.25, -0.2) is 0 Å². The quantitative estimate of drug-likeness (QED) is 0.553. The van der Waals surface area contributed by atoms with Crippen LogP contribution in [0.1, 0.15) is 40.5 Å². The molecule has 1 heteroatoms. The lowest BCUT2D eigenvalue weighted by Crippen LogP contribution is -2.14. The summed E-state index contributed by atoms with van der Waals surface area (Å²) in [6.07, 6.45) is 2.47. The standard InChI is InChI=1S/C7H15N.C2H6/c1-5-3-7(8)4-6(5)2;1-2/h5-7H,3-4,8H2,1-2H3;1-2H3. The fourth-order valence-electron chi connectivity index (χ4n) is 1.52. The van der Waals surface area contributed by atoms with E-state index in [9.17, 15) is 0 Å². The smallest absolute Gasteiger partial charge is 0.00441 e. The fraction of sp³-hybridized carbons (Fsp3) is 1.00. The maximum atomic E-state index is 5.72. The van der Waals surface area contributed by atoms with E-state index in [1.807, 2.05) is 13.8 Å². The molecule has 0 amide bonds. The van der Waals surface area contributed by atoms with Gasteiger partial charge in [0.2, 0.25) is 0 Å². The summed E-state index contributed by atoms with van der Waals surface area (Å²) in [5.41, 5.74) is 5.72. The highest BCUT2D eigenvalue weighted by atomic mass is 14.7. The summed E-state index contributed by atoms with van der Waals surface area (Å²) >= 11 is 0. The average Bonchev–Trinajstić information content (AvgIpc) is 2.16. The van der Waals surface area contributed by atoms with Crippen molar-refractivity contribution in [3.05, 3.63) is 0 Å². The van der Waals surface area contributed by atoms with Crippen molar-refractivity contribution in [3.63, 3.8) is 0 Å². The van der Waals surface area contributed by atoms with E-state index < -0.39 is 0 Å². The van der Waals surface area contributed by atoms with Crippen LogP contribution in [0.3, 0.4) is 0 Å². The first-order valence-corrected chi connectivity index (χ1v) is 4.45. The lowest BCUT2D eigenvalue weighted by molar-refractivity contribution is 0.457. The van der Waals surface area contributed by atoms with Crippen molar-refractivity contribution >= 4 is 0 Å². The minimum absolute atomic E-state index is 0.500. The van der Waals surface area contributed by atoms with Crippen LogP contribution in [0.15, 0.2) is 0 Å². The molecule has 1 aliphatic carbocycles. The Labute approximate surface area is 65.0 Å². The maximum absolute atomic E-state index is 5.72. The van der Waals surface area contributed by atoms with Crippen molar-refractivity contribution < 1.29 is 0 Å². The van der Waals surface area contributed by atoms with Crippen molar-refractivity contribution in [2.24, 2.45) is 17.6 Å². The van der Waals surface area contributed by atoms with Crippen molar-refractivity contribution in [1.82, 2.24) is 0 Å². The van der Waals surface area contributed by atoms with Crippen LogP contribution < -0.4 is 5.73 Å². The van der Waals surface area contributed by atoms with E-state index in [1.54, 1.807) is 0 Å². The molecule has 0 aromatic carbocycles. The molecule has 0 heterocycles. The van der Waals surface area contributed by atoms with Crippen LogP contribution in [0.25, 0.3) is 0 Å². The third kappa shape index (κ3) is 2.70. The molecule has 1 aliphatic rings. The van der Waals surface area contributed by atoms with E-state index >= 15 is 0 Å². The van der Waals surface area contributed by atoms with Crippen LogP contribution in [-0.4, -0.2) is 6.04 Å². The van der Waals surface area contributed by atoms with Gasteiger partial charge in [0.1, 0.15) is 0 Å². The molecule has 10 heavy (non-hydrogen) atoms. The van der Waals surface area contributed by atoms with Crippen LogP contribution in [0, 0.1) is 11.8 Å².